The van der Waals surface area contributed by atoms with Crippen LogP contribution in [-0.4, -0.2) is 20.9 Å². The van der Waals surface area contributed by atoms with Crippen molar-refractivity contribution in [2.45, 2.75) is 19.6 Å². The van der Waals surface area contributed by atoms with Crippen molar-refractivity contribution < 1.29 is 18.0 Å². The number of pyridine rings is 1. The standard InChI is InChI=1S/C19H16F3N5O/c1-12-25-16(10-17(26-12)24-11-13-5-7-23-8-6-13)18(28)27-15-4-2-3-14(9-15)19(20,21)22/h2-10H,11H2,1H3,(H,27,28)(H,24,25,26). The molecule has 2 heterocycles. The Labute approximate surface area is 158 Å². The Kier molecular flexibility index (Phi) is 5.53. The second-order valence-corrected chi connectivity index (χ2v) is 5.93. The normalized spacial score (nSPS) is 11.1. The maximum Gasteiger partial charge on any atom is 0.416 e. The third kappa shape index (κ3) is 5.03. The van der Waals surface area contributed by atoms with Crippen LogP contribution in [0.2, 0.25) is 0 Å². The molecule has 2 aromatic heterocycles. The third-order valence-electron chi connectivity index (χ3n) is 3.74. The number of aryl methyl sites for hydroxylation is 1. The smallest absolute Gasteiger partial charge is 0.366 e. The van der Waals surface area contributed by atoms with Gasteiger partial charge in [0.25, 0.3) is 5.91 Å². The SMILES string of the molecule is Cc1nc(NCc2ccncc2)cc(C(=O)Nc2cccc(C(F)(F)F)c2)n1. The monoisotopic (exact) mass is 387 g/mol. The van der Waals surface area contributed by atoms with Crippen LogP contribution in [0.5, 0.6) is 0 Å². The molecule has 0 unspecified atom stereocenters. The van der Waals surface area contributed by atoms with E-state index in [1.807, 2.05) is 12.1 Å². The van der Waals surface area contributed by atoms with E-state index in [-0.39, 0.29) is 11.4 Å². The lowest BCUT2D eigenvalue weighted by molar-refractivity contribution is -0.137. The first-order valence-corrected chi connectivity index (χ1v) is 8.28. The van der Waals surface area contributed by atoms with Crippen molar-refractivity contribution in [3.63, 3.8) is 0 Å². The number of nitrogens with one attached hydrogen (secondary N) is 2. The molecule has 1 amide bonds. The van der Waals surface area contributed by atoms with Crippen LogP contribution >= 0.6 is 0 Å². The van der Waals surface area contributed by atoms with Crippen molar-refractivity contribution in [1.82, 2.24) is 15.0 Å². The summed E-state index contributed by atoms with van der Waals surface area (Å²) in [7, 11) is 0. The van der Waals surface area contributed by atoms with Gasteiger partial charge in [-0.25, -0.2) is 9.97 Å². The summed E-state index contributed by atoms with van der Waals surface area (Å²) >= 11 is 0. The zero-order valence-corrected chi connectivity index (χ0v) is 14.8. The number of hydrogen-bond acceptors (Lipinski definition) is 5. The minimum atomic E-state index is -4.49. The van der Waals surface area contributed by atoms with Gasteiger partial charge in [-0.3, -0.25) is 9.78 Å². The predicted molar refractivity (Wildman–Crippen MR) is 97.7 cm³/mol. The molecule has 3 rings (SSSR count). The second kappa shape index (κ2) is 8.03. The number of halogens is 3. The Bertz CT molecular complexity index is 977. The Balaban J connectivity index is 1.74. The predicted octanol–water partition coefficient (Wildman–Crippen LogP) is 4.06. The molecule has 28 heavy (non-hydrogen) atoms. The number of anilines is 2. The summed E-state index contributed by atoms with van der Waals surface area (Å²) in [5.74, 6) is 0.157. The van der Waals surface area contributed by atoms with Crippen molar-refractivity contribution in [2.24, 2.45) is 0 Å². The fraction of sp³-hybridized carbons (Fsp3) is 0.158. The van der Waals surface area contributed by atoms with Crippen LogP contribution in [0.25, 0.3) is 0 Å². The summed E-state index contributed by atoms with van der Waals surface area (Å²) in [4.78, 5) is 24.7. The summed E-state index contributed by atoms with van der Waals surface area (Å²) in [6.07, 6.45) is -1.16. The number of amides is 1. The molecule has 0 saturated carbocycles. The molecule has 0 fully saturated rings. The number of nitrogens with zero attached hydrogens (tertiary/aromatic N) is 3. The molecule has 0 bridgehead atoms. The van der Waals surface area contributed by atoms with E-state index in [4.69, 9.17) is 0 Å². The number of aromatic nitrogens is 3. The van der Waals surface area contributed by atoms with Gasteiger partial charge in [-0.2, -0.15) is 13.2 Å². The van der Waals surface area contributed by atoms with Crippen LogP contribution in [0.4, 0.5) is 24.7 Å². The van der Waals surface area contributed by atoms with E-state index in [1.165, 1.54) is 18.2 Å². The number of carbonyl (C=O) groups is 1. The average Bonchev–Trinajstić information content (AvgIpc) is 2.66. The Morgan fingerprint density at radius 1 is 1.07 bits per heavy atom. The molecule has 2 N–H and O–H groups in total. The molecule has 0 radical (unpaired) electrons. The number of benzene rings is 1. The van der Waals surface area contributed by atoms with Gasteiger partial charge in [-0.05, 0) is 42.8 Å². The first-order valence-electron chi connectivity index (χ1n) is 8.28. The number of carbonyl (C=O) groups excluding carboxylic acids is 1. The van der Waals surface area contributed by atoms with Crippen molar-refractivity contribution >= 4 is 17.4 Å². The van der Waals surface area contributed by atoms with Gasteiger partial charge in [0.05, 0.1) is 5.56 Å². The van der Waals surface area contributed by atoms with E-state index in [9.17, 15) is 18.0 Å². The minimum Gasteiger partial charge on any atom is -0.366 e. The van der Waals surface area contributed by atoms with Crippen LogP contribution < -0.4 is 10.6 Å². The van der Waals surface area contributed by atoms with E-state index in [2.05, 4.69) is 25.6 Å². The Hall–Kier alpha value is -3.49. The van der Waals surface area contributed by atoms with Gasteiger partial charge in [0, 0.05) is 30.7 Å². The number of alkyl halides is 3. The summed E-state index contributed by atoms with van der Waals surface area (Å²) in [5, 5.41) is 5.52. The highest BCUT2D eigenvalue weighted by Gasteiger charge is 2.30. The molecule has 6 nitrogen and oxygen atoms in total. The number of rotatable bonds is 5. The summed E-state index contributed by atoms with van der Waals surface area (Å²) < 4.78 is 38.4. The van der Waals surface area contributed by atoms with Gasteiger partial charge >= 0.3 is 6.18 Å². The van der Waals surface area contributed by atoms with Crippen LogP contribution in [-0.2, 0) is 12.7 Å². The first kappa shape index (κ1) is 19.3. The van der Waals surface area contributed by atoms with Crippen LogP contribution in [0, 0.1) is 6.92 Å². The molecule has 0 saturated heterocycles. The molecule has 0 aliphatic heterocycles. The molecule has 0 aliphatic rings. The molecular weight excluding hydrogens is 371 g/mol. The van der Waals surface area contributed by atoms with Crippen molar-refractivity contribution in [2.75, 3.05) is 10.6 Å². The van der Waals surface area contributed by atoms with Gasteiger partial charge in [0.2, 0.25) is 0 Å². The summed E-state index contributed by atoms with van der Waals surface area (Å²) in [6, 6.07) is 9.52. The van der Waals surface area contributed by atoms with Gasteiger partial charge in [-0.1, -0.05) is 6.07 Å². The second-order valence-electron chi connectivity index (χ2n) is 5.93. The van der Waals surface area contributed by atoms with Gasteiger partial charge in [0.15, 0.2) is 0 Å². The van der Waals surface area contributed by atoms with Crippen LogP contribution in [0.1, 0.15) is 27.4 Å². The lowest BCUT2D eigenvalue weighted by atomic mass is 10.2. The highest BCUT2D eigenvalue weighted by atomic mass is 19.4. The maximum atomic E-state index is 12.8. The lowest BCUT2D eigenvalue weighted by Crippen LogP contribution is -2.16. The molecule has 0 aliphatic carbocycles. The molecule has 0 spiro atoms. The van der Waals surface area contributed by atoms with E-state index in [1.54, 1.807) is 19.3 Å². The fourth-order valence-corrected chi connectivity index (χ4v) is 2.44. The van der Waals surface area contributed by atoms with Gasteiger partial charge in [0.1, 0.15) is 17.3 Å². The van der Waals surface area contributed by atoms with Crippen molar-refractivity contribution in [1.29, 1.82) is 0 Å². The van der Waals surface area contributed by atoms with E-state index in [0.29, 0.717) is 18.2 Å². The van der Waals surface area contributed by atoms with Crippen LogP contribution in [0.3, 0.4) is 0 Å². The van der Waals surface area contributed by atoms with Gasteiger partial charge in [-0.15, -0.1) is 0 Å². The zero-order valence-electron chi connectivity index (χ0n) is 14.8. The molecular formula is C19H16F3N5O. The maximum absolute atomic E-state index is 12.8. The highest BCUT2D eigenvalue weighted by Crippen LogP contribution is 2.30. The third-order valence-corrected chi connectivity index (χ3v) is 3.74. The van der Waals surface area contributed by atoms with Crippen molar-refractivity contribution in [3.8, 4) is 0 Å². The minimum absolute atomic E-state index is 0.0300. The first-order chi connectivity index (χ1) is 13.3. The molecule has 144 valence electrons. The molecule has 1 aromatic carbocycles. The fourth-order valence-electron chi connectivity index (χ4n) is 2.44. The van der Waals surface area contributed by atoms with Gasteiger partial charge < -0.3 is 10.6 Å². The highest BCUT2D eigenvalue weighted by molar-refractivity contribution is 6.03. The van der Waals surface area contributed by atoms with E-state index < -0.39 is 17.6 Å². The Morgan fingerprint density at radius 2 is 1.82 bits per heavy atom. The molecule has 3 aromatic rings. The Morgan fingerprint density at radius 3 is 2.54 bits per heavy atom. The van der Waals surface area contributed by atoms with E-state index in [0.717, 1.165) is 17.7 Å². The summed E-state index contributed by atoms with van der Waals surface area (Å²) in [5.41, 5.74) is 0.203. The van der Waals surface area contributed by atoms with Crippen LogP contribution in [0.15, 0.2) is 54.9 Å². The molecule has 9 heteroatoms. The topological polar surface area (TPSA) is 79.8 Å². The lowest BCUT2D eigenvalue weighted by Gasteiger charge is -2.11. The average molecular weight is 387 g/mol. The number of hydrogen-bond donors (Lipinski definition) is 2. The zero-order chi connectivity index (χ0) is 20.1. The van der Waals surface area contributed by atoms with E-state index >= 15 is 0 Å². The summed E-state index contributed by atoms with van der Waals surface area (Å²) in [6.45, 7) is 2.09. The molecule has 0 atom stereocenters. The quantitative estimate of drug-likeness (QED) is 0.690. The van der Waals surface area contributed by atoms with Crippen molar-refractivity contribution in [3.05, 3.63) is 77.5 Å². The largest absolute Gasteiger partial charge is 0.416 e.